The molecular weight excluding hydrogens is 396 g/mol. The van der Waals surface area contributed by atoms with Crippen LogP contribution in [0.4, 0.5) is 11.6 Å². The van der Waals surface area contributed by atoms with Crippen LogP contribution in [0.5, 0.6) is 5.88 Å². The summed E-state index contributed by atoms with van der Waals surface area (Å²) < 4.78 is 6.51. The third-order valence-electron chi connectivity index (χ3n) is 4.47. The van der Waals surface area contributed by atoms with Crippen molar-refractivity contribution in [1.82, 2.24) is 14.9 Å². The Morgan fingerprint density at radius 3 is 2.71 bits per heavy atom. The molecule has 1 saturated heterocycles. The lowest BCUT2D eigenvalue weighted by Gasteiger charge is -2.32. The standard InChI is InChI=1S/C18H26N6O2S2/c1-11(19)15(25)21-13-5-10-27-17(13)28-14-12(2)20-18(22-16(14)26-4)24-8-6-23(3)7-9-24/h5,10-11H,6-9,19H2,1-4H3,(H,21,25). The van der Waals surface area contributed by atoms with Crippen LogP contribution < -0.4 is 20.7 Å². The Hall–Kier alpha value is -1.88. The van der Waals surface area contributed by atoms with Gasteiger partial charge in [-0.25, -0.2) is 4.98 Å². The number of likely N-dealkylation sites (N-methyl/N-ethyl adjacent to an activating group) is 1. The highest BCUT2D eigenvalue weighted by Crippen LogP contribution is 2.42. The summed E-state index contributed by atoms with van der Waals surface area (Å²) in [5.74, 6) is 1.03. The van der Waals surface area contributed by atoms with Crippen LogP contribution in [-0.2, 0) is 4.79 Å². The lowest BCUT2D eigenvalue weighted by molar-refractivity contribution is -0.117. The highest BCUT2D eigenvalue weighted by atomic mass is 32.2. The molecule has 10 heteroatoms. The van der Waals surface area contributed by atoms with E-state index in [1.807, 2.05) is 18.4 Å². The first-order valence-electron chi connectivity index (χ1n) is 9.07. The van der Waals surface area contributed by atoms with Crippen molar-refractivity contribution in [3.05, 3.63) is 17.1 Å². The van der Waals surface area contributed by atoms with E-state index >= 15 is 0 Å². The van der Waals surface area contributed by atoms with Crippen LogP contribution in [0.25, 0.3) is 0 Å². The van der Waals surface area contributed by atoms with E-state index in [1.165, 1.54) is 23.1 Å². The van der Waals surface area contributed by atoms with Crippen LogP contribution in [0, 0.1) is 6.92 Å². The molecule has 152 valence electrons. The number of carbonyl (C=O) groups excluding carboxylic acids is 1. The smallest absolute Gasteiger partial charge is 0.241 e. The SMILES string of the molecule is COc1nc(N2CCN(C)CC2)nc(C)c1Sc1sccc1NC(=O)C(C)N. The van der Waals surface area contributed by atoms with Gasteiger partial charge in [-0.05, 0) is 32.3 Å². The van der Waals surface area contributed by atoms with Gasteiger partial charge in [-0.15, -0.1) is 11.3 Å². The molecule has 1 unspecified atom stereocenters. The number of aromatic nitrogens is 2. The Balaban J connectivity index is 1.83. The minimum Gasteiger partial charge on any atom is -0.480 e. The third-order valence-corrected chi connectivity index (χ3v) is 6.79. The second-order valence-electron chi connectivity index (χ2n) is 6.74. The molecule has 2 aromatic heterocycles. The second kappa shape index (κ2) is 9.08. The Morgan fingerprint density at radius 1 is 1.36 bits per heavy atom. The lowest BCUT2D eigenvalue weighted by atomic mass is 10.3. The number of carbonyl (C=O) groups is 1. The number of nitrogens with zero attached hydrogens (tertiary/aromatic N) is 4. The molecular formula is C18H26N6O2S2. The van der Waals surface area contributed by atoms with Crippen molar-refractivity contribution in [2.75, 3.05) is 50.6 Å². The third kappa shape index (κ3) is 4.75. The van der Waals surface area contributed by atoms with Gasteiger partial charge in [-0.3, -0.25) is 4.79 Å². The van der Waals surface area contributed by atoms with Crippen molar-refractivity contribution in [1.29, 1.82) is 0 Å². The minimum atomic E-state index is -0.569. The number of thiophene rings is 1. The predicted octanol–water partition coefficient (Wildman–Crippen LogP) is 2.04. The first kappa shape index (κ1) is 20.8. The van der Waals surface area contributed by atoms with E-state index < -0.39 is 6.04 Å². The van der Waals surface area contributed by atoms with Gasteiger partial charge in [0.2, 0.25) is 17.7 Å². The second-order valence-corrected chi connectivity index (χ2v) is 8.93. The van der Waals surface area contributed by atoms with E-state index in [4.69, 9.17) is 15.5 Å². The molecule has 1 atom stereocenters. The summed E-state index contributed by atoms with van der Waals surface area (Å²) in [5, 5.41) is 4.80. The first-order valence-corrected chi connectivity index (χ1v) is 10.8. The van der Waals surface area contributed by atoms with Crippen LogP contribution in [0.1, 0.15) is 12.6 Å². The van der Waals surface area contributed by atoms with Crippen molar-refractivity contribution < 1.29 is 9.53 Å². The van der Waals surface area contributed by atoms with E-state index in [0.29, 0.717) is 11.8 Å². The maximum atomic E-state index is 11.9. The number of rotatable bonds is 6. The van der Waals surface area contributed by atoms with E-state index in [2.05, 4.69) is 27.1 Å². The average molecular weight is 423 g/mol. The topological polar surface area (TPSA) is 96.6 Å². The summed E-state index contributed by atoms with van der Waals surface area (Å²) in [6, 6.07) is 1.30. The van der Waals surface area contributed by atoms with Gasteiger partial charge in [-0.2, -0.15) is 4.98 Å². The zero-order valence-corrected chi connectivity index (χ0v) is 18.2. The van der Waals surface area contributed by atoms with Crippen molar-refractivity contribution in [2.45, 2.75) is 29.0 Å². The van der Waals surface area contributed by atoms with Gasteiger partial charge in [0.25, 0.3) is 0 Å². The molecule has 8 nitrogen and oxygen atoms in total. The molecule has 3 N–H and O–H groups in total. The summed E-state index contributed by atoms with van der Waals surface area (Å²) in [5.41, 5.74) is 7.25. The van der Waals surface area contributed by atoms with Crippen LogP contribution >= 0.6 is 23.1 Å². The monoisotopic (exact) mass is 422 g/mol. The number of anilines is 2. The molecule has 0 saturated carbocycles. The first-order chi connectivity index (χ1) is 13.4. The van der Waals surface area contributed by atoms with E-state index in [9.17, 15) is 4.79 Å². The highest BCUT2D eigenvalue weighted by molar-refractivity contribution is 8.01. The highest BCUT2D eigenvalue weighted by Gasteiger charge is 2.22. The molecule has 3 rings (SSSR count). The van der Waals surface area contributed by atoms with E-state index in [1.54, 1.807) is 14.0 Å². The largest absolute Gasteiger partial charge is 0.480 e. The number of amides is 1. The van der Waals surface area contributed by atoms with Gasteiger partial charge in [0.05, 0.1) is 33.6 Å². The zero-order valence-electron chi connectivity index (χ0n) is 16.6. The van der Waals surface area contributed by atoms with Crippen LogP contribution in [0.2, 0.25) is 0 Å². The van der Waals surface area contributed by atoms with Crippen molar-refractivity contribution >= 4 is 40.6 Å². The van der Waals surface area contributed by atoms with Gasteiger partial charge < -0.3 is 25.6 Å². The Bertz CT molecular complexity index is 833. The fraction of sp³-hybridized carbons (Fsp3) is 0.500. The molecule has 1 aliphatic rings. The molecule has 3 heterocycles. The van der Waals surface area contributed by atoms with Gasteiger partial charge >= 0.3 is 0 Å². The number of nitrogens with two attached hydrogens (primary N) is 1. The molecule has 2 aromatic rings. The van der Waals surface area contributed by atoms with Crippen LogP contribution in [-0.4, -0.2) is 67.2 Å². The van der Waals surface area contributed by atoms with Crippen molar-refractivity contribution in [2.24, 2.45) is 5.73 Å². The molecule has 0 radical (unpaired) electrons. The summed E-state index contributed by atoms with van der Waals surface area (Å²) >= 11 is 3.03. The minimum absolute atomic E-state index is 0.217. The van der Waals surface area contributed by atoms with E-state index in [-0.39, 0.29) is 5.91 Å². The summed E-state index contributed by atoms with van der Waals surface area (Å²) in [6.07, 6.45) is 0. The van der Waals surface area contributed by atoms with Crippen LogP contribution in [0.15, 0.2) is 20.6 Å². The number of methoxy groups -OCH3 is 1. The molecule has 1 fully saturated rings. The Labute approximate surface area is 173 Å². The maximum absolute atomic E-state index is 11.9. The molecule has 28 heavy (non-hydrogen) atoms. The Morgan fingerprint density at radius 2 is 2.07 bits per heavy atom. The maximum Gasteiger partial charge on any atom is 0.241 e. The molecule has 0 bridgehead atoms. The van der Waals surface area contributed by atoms with Crippen molar-refractivity contribution in [3.8, 4) is 5.88 Å². The van der Waals surface area contributed by atoms with E-state index in [0.717, 1.165) is 46.7 Å². The number of hydrogen-bond acceptors (Lipinski definition) is 9. The van der Waals surface area contributed by atoms with Gasteiger partial charge in [0.1, 0.15) is 0 Å². The van der Waals surface area contributed by atoms with Gasteiger partial charge in [0.15, 0.2) is 0 Å². The molecule has 0 spiro atoms. The number of ether oxygens (including phenoxy) is 1. The fourth-order valence-corrected chi connectivity index (χ4v) is 4.74. The molecule has 0 aromatic carbocycles. The van der Waals surface area contributed by atoms with Crippen molar-refractivity contribution in [3.63, 3.8) is 0 Å². The lowest BCUT2D eigenvalue weighted by Crippen LogP contribution is -2.45. The Kier molecular flexibility index (Phi) is 6.76. The van der Waals surface area contributed by atoms with Crippen LogP contribution in [0.3, 0.4) is 0 Å². The average Bonchev–Trinajstić information content (AvgIpc) is 3.10. The molecule has 0 aliphatic carbocycles. The number of nitrogens with one attached hydrogen (secondary N) is 1. The molecule has 1 aliphatic heterocycles. The molecule has 1 amide bonds. The number of piperazine rings is 1. The predicted molar refractivity (Wildman–Crippen MR) is 114 cm³/mol. The quantitative estimate of drug-likeness (QED) is 0.730. The number of aryl methyl sites for hydroxylation is 1. The van der Waals surface area contributed by atoms with Gasteiger partial charge in [0, 0.05) is 26.2 Å². The number of hydrogen-bond donors (Lipinski definition) is 2. The summed E-state index contributed by atoms with van der Waals surface area (Å²) in [6.45, 7) is 7.37. The van der Waals surface area contributed by atoms with Gasteiger partial charge in [-0.1, -0.05) is 11.8 Å². The summed E-state index contributed by atoms with van der Waals surface area (Å²) in [4.78, 5) is 26.6. The summed E-state index contributed by atoms with van der Waals surface area (Å²) in [7, 11) is 3.74. The zero-order chi connectivity index (χ0) is 20.3. The fourth-order valence-electron chi connectivity index (χ4n) is 2.73. The normalized spacial score (nSPS) is 16.1.